The van der Waals surface area contributed by atoms with Crippen LogP contribution < -0.4 is 0 Å². The van der Waals surface area contributed by atoms with Gasteiger partial charge in [-0.25, -0.2) is 0 Å². The number of rotatable bonds is 2. The van der Waals surface area contributed by atoms with E-state index in [-0.39, 0.29) is 11.5 Å². The molecule has 2 N–H and O–H groups in total. The van der Waals surface area contributed by atoms with Crippen molar-refractivity contribution in [1.29, 1.82) is 0 Å². The third-order valence-corrected chi connectivity index (χ3v) is 1.59. The van der Waals surface area contributed by atoms with Crippen molar-refractivity contribution >= 4 is 6.08 Å². The first kappa shape index (κ1) is 9.39. The smallest absolute Gasteiger partial charge is 0.164 e. The zero-order chi connectivity index (χ0) is 9.84. The summed E-state index contributed by atoms with van der Waals surface area (Å²) in [7, 11) is 0. The quantitative estimate of drug-likeness (QED) is 0.537. The molecule has 0 atom stereocenters. The molecule has 0 unspecified atom stereocenters. The van der Waals surface area contributed by atoms with Gasteiger partial charge < -0.3 is 10.2 Å². The van der Waals surface area contributed by atoms with Crippen molar-refractivity contribution < 1.29 is 10.2 Å². The molecule has 0 heterocycles. The van der Waals surface area contributed by atoms with Crippen LogP contribution in [0.5, 0.6) is 11.5 Å². The Bertz CT molecular complexity index is 351. The van der Waals surface area contributed by atoms with E-state index in [2.05, 4.69) is 6.58 Å². The van der Waals surface area contributed by atoms with Gasteiger partial charge in [-0.2, -0.15) is 0 Å². The van der Waals surface area contributed by atoms with Crippen LogP contribution in [0.15, 0.2) is 36.4 Å². The van der Waals surface area contributed by atoms with E-state index in [0.29, 0.717) is 5.56 Å². The number of para-hydroxylation sites is 1. The minimum absolute atomic E-state index is 0.0972. The predicted octanol–water partition coefficient (Wildman–Crippen LogP) is 2.69. The molecule has 68 valence electrons. The molecule has 0 saturated heterocycles. The Balaban J connectivity index is 3.02. The summed E-state index contributed by atoms with van der Waals surface area (Å²) < 4.78 is 0. The van der Waals surface area contributed by atoms with Gasteiger partial charge in [-0.15, -0.1) is 0 Å². The fraction of sp³-hybridized carbons (Fsp3) is 0.0909. The maximum Gasteiger partial charge on any atom is 0.164 e. The van der Waals surface area contributed by atoms with E-state index >= 15 is 0 Å². The van der Waals surface area contributed by atoms with E-state index < -0.39 is 0 Å². The van der Waals surface area contributed by atoms with Crippen molar-refractivity contribution in [3.8, 4) is 11.5 Å². The minimum atomic E-state index is -0.108. The lowest BCUT2D eigenvalue weighted by Crippen LogP contribution is -1.75. The topological polar surface area (TPSA) is 40.5 Å². The van der Waals surface area contributed by atoms with E-state index in [0.717, 1.165) is 5.57 Å². The number of benzene rings is 1. The maximum absolute atomic E-state index is 9.38. The molecule has 0 aliphatic heterocycles. The Morgan fingerprint density at radius 1 is 1.38 bits per heavy atom. The third kappa shape index (κ3) is 2.37. The second-order valence-electron chi connectivity index (χ2n) is 2.89. The Hall–Kier alpha value is -1.70. The number of allylic oxidation sites excluding steroid dienone is 2. The molecule has 0 spiro atoms. The average molecular weight is 176 g/mol. The molecule has 0 radical (unpaired) electrons. The molecule has 0 aliphatic rings. The second kappa shape index (κ2) is 3.81. The highest BCUT2D eigenvalue weighted by Crippen LogP contribution is 2.29. The van der Waals surface area contributed by atoms with Crippen LogP contribution in [-0.4, -0.2) is 10.2 Å². The first-order valence-corrected chi connectivity index (χ1v) is 3.96. The molecular weight excluding hydrogens is 164 g/mol. The zero-order valence-corrected chi connectivity index (χ0v) is 7.49. The predicted molar refractivity (Wildman–Crippen MR) is 53.6 cm³/mol. The molecule has 2 nitrogen and oxygen atoms in total. The van der Waals surface area contributed by atoms with Gasteiger partial charge in [0.05, 0.1) is 0 Å². The van der Waals surface area contributed by atoms with Crippen LogP contribution in [0.4, 0.5) is 0 Å². The fourth-order valence-electron chi connectivity index (χ4n) is 0.915. The summed E-state index contributed by atoms with van der Waals surface area (Å²) in [6.45, 7) is 5.55. The van der Waals surface area contributed by atoms with Crippen LogP contribution in [0, 0.1) is 0 Å². The molecule has 13 heavy (non-hydrogen) atoms. The Kier molecular flexibility index (Phi) is 2.75. The molecule has 0 fully saturated rings. The van der Waals surface area contributed by atoms with Crippen LogP contribution >= 0.6 is 0 Å². The van der Waals surface area contributed by atoms with Gasteiger partial charge in [0, 0.05) is 5.56 Å². The standard InChI is InChI=1S/C11H12O2/c1-8(2)6-7-9-4-3-5-10(12)11(9)13/h3-7,12-13H,1H2,2H3. The molecule has 0 saturated carbocycles. The van der Waals surface area contributed by atoms with Crippen LogP contribution in [0.3, 0.4) is 0 Å². The highest BCUT2D eigenvalue weighted by Gasteiger charge is 2.01. The fourth-order valence-corrected chi connectivity index (χ4v) is 0.915. The van der Waals surface area contributed by atoms with Crippen molar-refractivity contribution in [3.63, 3.8) is 0 Å². The third-order valence-electron chi connectivity index (χ3n) is 1.59. The van der Waals surface area contributed by atoms with Crippen LogP contribution in [0.2, 0.25) is 0 Å². The lowest BCUT2D eigenvalue weighted by molar-refractivity contribution is 0.403. The highest BCUT2D eigenvalue weighted by molar-refractivity contribution is 5.62. The summed E-state index contributed by atoms with van der Waals surface area (Å²) in [5, 5.41) is 18.5. The van der Waals surface area contributed by atoms with Crippen molar-refractivity contribution in [2.24, 2.45) is 0 Å². The summed E-state index contributed by atoms with van der Waals surface area (Å²) >= 11 is 0. The van der Waals surface area contributed by atoms with Crippen LogP contribution in [0.25, 0.3) is 6.08 Å². The Morgan fingerprint density at radius 2 is 2.08 bits per heavy atom. The van der Waals surface area contributed by atoms with Crippen molar-refractivity contribution in [1.82, 2.24) is 0 Å². The first-order chi connectivity index (χ1) is 6.11. The van der Waals surface area contributed by atoms with E-state index in [4.69, 9.17) is 5.11 Å². The van der Waals surface area contributed by atoms with E-state index in [9.17, 15) is 5.11 Å². The average Bonchev–Trinajstić information content (AvgIpc) is 2.07. The van der Waals surface area contributed by atoms with Crippen molar-refractivity contribution in [2.75, 3.05) is 0 Å². The molecule has 2 heteroatoms. The number of phenols is 2. The second-order valence-corrected chi connectivity index (χ2v) is 2.89. The molecule has 0 amide bonds. The summed E-state index contributed by atoms with van der Waals surface area (Å²) in [4.78, 5) is 0. The lowest BCUT2D eigenvalue weighted by atomic mass is 10.1. The number of hydrogen-bond donors (Lipinski definition) is 2. The zero-order valence-electron chi connectivity index (χ0n) is 7.49. The van der Waals surface area contributed by atoms with Gasteiger partial charge in [-0.3, -0.25) is 0 Å². The van der Waals surface area contributed by atoms with Gasteiger partial charge in [-0.05, 0) is 13.0 Å². The number of aromatic hydroxyl groups is 2. The number of phenolic OH excluding ortho intramolecular Hbond substituents is 2. The lowest BCUT2D eigenvalue weighted by Gasteiger charge is -2.00. The van der Waals surface area contributed by atoms with E-state index in [1.807, 2.05) is 6.92 Å². The van der Waals surface area contributed by atoms with Gasteiger partial charge >= 0.3 is 0 Å². The molecule has 0 aliphatic carbocycles. The molecular formula is C11H12O2. The first-order valence-electron chi connectivity index (χ1n) is 3.96. The van der Waals surface area contributed by atoms with Crippen LogP contribution in [-0.2, 0) is 0 Å². The Labute approximate surface area is 77.5 Å². The SMILES string of the molecule is C=C(C)C=Cc1cccc(O)c1O. The Morgan fingerprint density at radius 3 is 2.69 bits per heavy atom. The largest absolute Gasteiger partial charge is 0.504 e. The molecule has 1 rings (SSSR count). The molecule has 1 aromatic carbocycles. The summed E-state index contributed by atoms with van der Waals surface area (Å²) in [5.74, 6) is -0.205. The molecule has 0 aromatic heterocycles. The van der Waals surface area contributed by atoms with Crippen molar-refractivity contribution in [3.05, 3.63) is 42.0 Å². The highest BCUT2D eigenvalue weighted by atomic mass is 16.3. The van der Waals surface area contributed by atoms with Gasteiger partial charge in [0.2, 0.25) is 0 Å². The summed E-state index contributed by atoms with van der Waals surface area (Å²) in [6.07, 6.45) is 3.48. The molecule has 0 bridgehead atoms. The van der Waals surface area contributed by atoms with Gasteiger partial charge in [0.15, 0.2) is 11.5 Å². The van der Waals surface area contributed by atoms with Crippen molar-refractivity contribution in [2.45, 2.75) is 6.92 Å². The van der Waals surface area contributed by atoms with Crippen LogP contribution in [0.1, 0.15) is 12.5 Å². The minimum Gasteiger partial charge on any atom is -0.504 e. The van der Waals surface area contributed by atoms with E-state index in [1.54, 1.807) is 24.3 Å². The van der Waals surface area contributed by atoms with E-state index in [1.165, 1.54) is 6.07 Å². The van der Waals surface area contributed by atoms with Gasteiger partial charge in [-0.1, -0.05) is 36.4 Å². The molecule has 1 aromatic rings. The summed E-state index contributed by atoms with van der Waals surface area (Å²) in [5.41, 5.74) is 1.48. The summed E-state index contributed by atoms with van der Waals surface area (Å²) in [6, 6.07) is 4.83. The van der Waals surface area contributed by atoms with Gasteiger partial charge in [0.25, 0.3) is 0 Å². The normalized spacial score (nSPS) is 10.5. The monoisotopic (exact) mass is 176 g/mol. The van der Waals surface area contributed by atoms with Gasteiger partial charge in [0.1, 0.15) is 0 Å². The maximum atomic E-state index is 9.38. The number of hydrogen-bond acceptors (Lipinski definition) is 2.